The number of halogens is 2. The summed E-state index contributed by atoms with van der Waals surface area (Å²) >= 11 is 3.13. The summed E-state index contributed by atoms with van der Waals surface area (Å²) in [6, 6.07) is 11.7. The Morgan fingerprint density at radius 3 is 2.52 bits per heavy atom. The first-order chi connectivity index (χ1) is 9.98. The summed E-state index contributed by atoms with van der Waals surface area (Å²) in [7, 11) is -3.81. The van der Waals surface area contributed by atoms with Gasteiger partial charge in [0.05, 0.1) is 0 Å². The van der Waals surface area contributed by atoms with Crippen LogP contribution in [0.5, 0.6) is 0 Å². The molecule has 3 rings (SSSR count). The molecule has 3 nitrogen and oxygen atoms in total. The Labute approximate surface area is 131 Å². The van der Waals surface area contributed by atoms with Gasteiger partial charge in [0, 0.05) is 17.6 Å². The Bertz CT molecular complexity index is 792. The first-order valence-electron chi connectivity index (χ1n) is 6.50. The van der Waals surface area contributed by atoms with Crippen LogP contribution in [0.3, 0.4) is 0 Å². The van der Waals surface area contributed by atoms with Crippen molar-refractivity contribution < 1.29 is 12.8 Å². The summed E-state index contributed by atoms with van der Waals surface area (Å²) in [5.74, 6) is -0.733. The monoisotopic (exact) mass is 369 g/mol. The fraction of sp³-hybridized carbons (Fsp3) is 0.200. The highest BCUT2D eigenvalue weighted by molar-refractivity contribution is 9.10. The van der Waals surface area contributed by atoms with Crippen LogP contribution < -0.4 is 0 Å². The third-order valence-electron chi connectivity index (χ3n) is 3.61. The first-order valence-corrected chi connectivity index (χ1v) is 8.74. The SMILES string of the molecule is O=S(=O)(c1ccc(Br)cc1F)N1CCc2ccccc2C1. The van der Waals surface area contributed by atoms with E-state index in [1.807, 2.05) is 24.3 Å². The van der Waals surface area contributed by atoms with Gasteiger partial charge in [0.15, 0.2) is 0 Å². The van der Waals surface area contributed by atoms with Crippen LogP contribution in [0.4, 0.5) is 4.39 Å². The fourth-order valence-corrected chi connectivity index (χ4v) is 4.30. The Morgan fingerprint density at radius 2 is 1.81 bits per heavy atom. The van der Waals surface area contributed by atoms with Gasteiger partial charge in [0.1, 0.15) is 10.7 Å². The molecule has 1 aliphatic heterocycles. The van der Waals surface area contributed by atoms with Crippen LogP contribution in [0.1, 0.15) is 11.1 Å². The summed E-state index contributed by atoms with van der Waals surface area (Å²) in [6.45, 7) is 0.656. The maximum Gasteiger partial charge on any atom is 0.246 e. The van der Waals surface area contributed by atoms with Gasteiger partial charge in [0.2, 0.25) is 10.0 Å². The molecule has 0 fully saturated rings. The Hall–Kier alpha value is -1.24. The highest BCUT2D eigenvalue weighted by atomic mass is 79.9. The molecular weight excluding hydrogens is 357 g/mol. The van der Waals surface area contributed by atoms with Crippen molar-refractivity contribution in [3.63, 3.8) is 0 Å². The van der Waals surface area contributed by atoms with Crippen LogP contribution in [0, 0.1) is 5.82 Å². The van der Waals surface area contributed by atoms with Gasteiger partial charge >= 0.3 is 0 Å². The summed E-state index contributed by atoms with van der Waals surface area (Å²) in [5.41, 5.74) is 2.13. The van der Waals surface area contributed by atoms with E-state index >= 15 is 0 Å². The molecule has 0 aliphatic carbocycles. The topological polar surface area (TPSA) is 37.4 Å². The molecule has 0 saturated carbocycles. The lowest BCUT2D eigenvalue weighted by molar-refractivity contribution is 0.388. The first kappa shape index (κ1) is 14.7. The lowest BCUT2D eigenvalue weighted by atomic mass is 10.0. The molecule has 0 radical (unpaired) electrons. The van der Waals surface area contributed by atoms with Crippen molar-refractivity contribution in [2.75, 3.05) is 6.54 Å². The third-order valence-corrected chi connectivity index (χ3v) is 5.98. The molecular formula is C15H13BrFNO2S. The third kappa shape index (κ3) is 2.75. The van der Waals surface area contributed by atoms with Crippen LogP contribution in [-0.4, -0.2) is 19.3 Å². The van der Waals surface area contributed by atoms with E-state index in [0.717, 1.165) is 11.1 Å². The zero-order chi connectivity index (χ0) is 15.0. The van der Waals surface area contributed by atoms with Gasteiger partial charge < -0.3 is 0 Å². The molecule has 0 bridgehead atoms. The highest BCUT2D eigenvalue weighted by Crippen LogP contribution is 2.27. The van der Waals surface area contributed by atoms with Gasteiger partial charge in [0.25, 0.3) is 0 Å². The second kappa shape index (κ2) is 5.51. The average molecular weight is 370 g/mol. The largest absolute Gasteiger partial charge is 0.246 e. The molecule has 0 spiro atoms. The highest BCUT2D eigenvalue weighted by Gasteiger charge is 2.30. The van der Waals surface area contributed by atoms with E-state index in [4.69, 9.17) is 0 Å². The molecule has 0 saturated heterocycles. The Kier molecular flexibility index (Phi) is 3.86. The van der Waals surface area contributed by atoms with E-state index in [-0.39, 0.29) is 11.4 Å². The maximum atomic E-state index is 14.0. The predicted octanol–water partition coefficient (Wildman–Crippen LogP) is 3.34. The number of sulfonamides is 1. The Balaban J connectivity index is 1.97. The van der Waals surface area contributed by atoms with Crippen molar-refractivity contribution in [1.82, 2.24) is 4.31 Å². The molecule has 2 aromatic carbocycles. The molecule has 1 aliphatic rings. The van der Waals surface area contributed by atoms with Gasteiger partial charge in [-0.1, -0.05) is 40.2 Å². The maximum absolute atomic E-state index is 14.0. The standard InChI is InChI=1S/C15H13BrFNO2S/c16-13-5-6-15(14(17)9-13)21(19,20)18-8-7-11-3-1-2-4-12(11)10-18/h1-6,9H,7-8,10H2. The molecule has 1 heterocycles. The molecule has 0 amide bonds. The average Bonchev–Trinajstić information content (AvgIpc) is 2.46. The van der Waals surface area contributed by atoms with Crippen LogP contribution >= 0.6 is 15.9 Å². The smallest absolute Gasteiger partial charge is 0.207 e. The molecule has 0 atom stereocenters. The van der Waals surface area contributed by atoms with E-state index in [9.17, 15) is 12.8 Å². The van der Waals surface area contributed by atoms with Gasteiger partial charge in [-0.3, -0.25) is 0 Å². The molecule has 0 unspecified atom stereocenters. The zero-order valence-electron chi connectivity index (χ0n) is 11.1. The normalized spacial score (nSPS) is 15.7. The van der Waals surface area contributed by atoms with Crippen LogP contribution in [0.25, 0.3) is 0 Å². The van der Waals surface area contributed by atoms with E-state index in [1.54, 1.807) is 0 Å². The summed E-state index contributed by atoms with van der Waals surface area (Å²) in [6.07, 6.45) is 0.646. The minimum Gasteiger partial charge on any atom is -0.207 e. The van der Waals surface area contributed by atoms with Crippen molar-refractivity contribution >= 4 is 26.0 Å². The summed E-state index contributed by atoms with van der Waals surface area (Å²) in [4.78, 5) is -0.273. The van der Waals surface area contributed by atoms with Crippen LogP contribution in [-0.2, 0) is 23.0 Å². The van der Waals surface area contributed by atoms with E-state index in [1.165, 1.54) is 22.5 Å². The molecule has 6 heteroatoms. The number of hydrogen-bond acceptors (Lipinski definition) is 2. The van der Waals surface area contributed by atoms with Crippen molar-refractivity contribution in [3.05, 3.63) is 63.9 Å². The van der Waals surface area contributed by atoms with Crippen LogP contribution in [0.15, 0.2) is 51.8 Å². The number of fused-ring (bicyclic) bond motifs is 1. The van der Waals surface area contributed by atoms with Crippen molar-refractivity contribution in [2.45, 2.75) is 17.9 Å². The van der Waals surface area contributed by atoms with Gasteiger partial charge in [-0.15, -0.1) is 0 Å². The Morgan fingerprint density at radius 1 is 1.10 bits per heavy atom. The molecule has 2 aromatic rings. The quantitative estimate of drug-likeness (QED) is 0.813. The summed E-state index contributed by atoms with van der Waals surface area (Å²) < 4.78 is 41.0. The van der Waals surface area contributed by atoms with Crippen molar-refractivity contribution in [2.24, 2.45) is 0 Å². The number of hydrogen-bond donors (Lipinski definition) is 0. The van der Waals surface area contributed by atoms with E-state index in [2.05, 4.69) is 15.9 Å². The number of rotatable bonds is 2. The molecule has 0 aromatic heterocycles. The van der Waals surface area contributed by atoms with Crippen molar-refractivity contribution in [1.29, 1.82) is 0 Å². The zero-order valence-corrected chi connectivity index (χ0v) is 13.5. The fourth-order valence-electron chi connectivity index (χ4n) is 2.50. The van der Waals surface area contributed by atoms with E-state index in [0.29, 0.717) is 17.4 Å². The van der Waals surface area contributed by atoms with Crippen molar-refractivity contribution in [3.8, 4) is 0 Å². The molecule has 0 N–H and O–H groups in total. The lowest BCUT2D eigenvalue weighted by Crippen LogP contribution is -2.36. The predicted molar refractivity (Wildman–Crippen MR) is 81.8 cm³/mol. The molecule has 21 heavy (non-hydrogen) atoms. The van der Waals surface area contributed by atoms with Gasteiger partial charge in [-0.2, -0.15) is 4.31 Å². The van der Waals surface area contributed by atoms with Crippen LogP contribution in [0.2, 0.25) is 0 Å². The second-order valence-electron chi connectivity index (χ2n) is 4.93. The minimum absolute atomic E-state index is 0.273. The molecule has 110 valence electrons. The van der Waals surface area contributed by atoms with Gasteiger partial charge in [-0.05, 0) is 35.7 Å². The number of nitrogens with zero attached hydrogens (tertiary/aromatic N) is 1. The van der Waals surface area contributed by atoms with E-state index < -0.39 is 15.8 Å². The second-order valence-corrected chi connectivity index (χ2v) is 7.75. The number of benzene rings is 2. The lowest BCUT2D eigenvalue weighted by Gasteiger charge is -2.28. The summed E-state index contributed by atoms with van der Waals surface area (Å²) in [5, 5.41) is 0. The van der Waals surface area contributed by atoms with Gasteiger partial charge in [-0.25, -0.2) is 12.8 Å². The minimum atomic E-state index is -3.81.